The zero-order valence-electron chi connectivity index (χ0n) is 12.6. The van der Waals surface area contributed by atoms with Crippen LogP contribution in [0.25, 0.3) is 0 Å². The lowest BCUT2D eigenvalue weighted by Crippen LogP contribution is -2.70. The van der Waals surface area contributed by atoms with Crippen molar-refractivity contribution in [1.82, 2.24) is 0 Å². The highest BCUT2D eigenvalue weighted by Crippen LogP contribution is 2.44. The molecule has 0 radical (unpaired) electrons. The molecule has 6 atom stereocenters. The first-order valence-corrected chi connectivity index (χ1v) is 7.83. The van der Waals surface area contributed by atoms with Crippen LogP contribution in [0.4, 0.5) is 0 Å². The number of thioether (sulfide) groups is 1. The van der Waals surface area contributed by atoms with Gasteiger partial charge in [-0.3, -0.25) is 0 Å². The van der Waals surface area contributed by atoms with Crippen molar-refractivity contribution in [3.63, 3.8) is 0 Å². The van der Waals surface area contributed by atoms with E-state index in [2.05, 4.69) is 0 Å². The van der Waals surface area contributed by atoms with E-state index in [4.69, 9.17) is 23.7 Å². The number of ether oxygens (including phenoxy) is 5. The first kappa shape index (κ1) is 16.5. The molecule has 2 saturated heterocycles. The molecule has 0 aromatic heterocycles. The second kappa shape index (κ2) is 6.08. The van der Waals surface area contributed by atoms with Crippen LogP contribution in [0, 0.1) is 0 Å². The number of rotatable bonds is 4. The van der Waals surface area contributed by atoms with Gasteiger partial charge in [-0.25, -0.2) is 0 Å². The molecule has 0 unspecified atom stereocenters. The van der Waals surface area contributed by atoms with Crippen LogP contribution in [0.15, 0.2) is 0 Å². The molecule has 20 heavy (non-hydrogen) atoms. The lowest BCUT2D eigenvalue weighted by atomic mass is 9.99. The Kier molecular flexibility index (Phi) is 5.01. The van der Waals surface area contributed by atoms with Crippen molar-refractivity contribution >= 4 is 11.8 Å². The summed E-state index contributed by atoms with van der Waals surface area (Å²) in [5, 5.41) is 10.1. The second-order valence-corrected chi connectivity index (χ2v) is 6.56. The van der Waals surface area contributed by atoms with Gasteiger partial charge in [0.25, 0.3) is 0 Å². The van der Waals surface area contributed by atoms with Crippen molar-refractivity contribution in [3.05, 3.63) is 0 Å². The molecular formula is C13H24O6S. The van der Waals surface area contributed by atoms with E-state index in [0.29, 0.717) is 0 Å². The van der Waals surface area contributed by atoms with Gasteiger partial charge in [0.15, 0.2) is 0 Å². The quantitative estimate of drug-likeness (QED) is 0.830. The lowest BCUT2D eigenvalue weighted by Gasteiger charge is -2.55. The van der Waals surface area contributed by atoms with Gasteiger partial charge >= 0.3 is 0 Å². The Bertz CT molecular complexity index is 343. The Morgan fingerprint density at radius 1 is 1.15 bits per heavy atom. The third-order valence-corrected chi connectivity index (χ3v) is 5.13. The van der Waals surface area contributed by atoms with Crippen molar-refractivity contribution in [2.75, 3.05) is 26.6 Å². The molecule has 0 amide bonds. The summed E-state index contributed by atoms with van der Waals surface area (Å²) < 4.78 is 28.7. The van der Waals surface area contributed by atoms with Crippen molar-refractivity contribution in [1.29, 1.82) is 0 Å². The molecule has 1 N–H and O–H groups in total. The number of aliphatic hydroxyl groups is 1. The molecule has 0 aromatic rings. The van der Waals surface area contributed by atoms with Gasteiger partial charge in [0.2, 0.25) is 11.6 Å². The first-order chi connectivity index (χ1) is 9.40. The van der Waals surface area contributed by atoms with E-state index in [9.17, 15) is 5.11 Å². The summed E-state index contributed by atoms with van der Waals surface area (Å²) in [5.74, 6) is -1.28. The summed E-state index contributed by atoms with van der Waals surface area (Å²) in [4.78, 5) is 0. The maximum atomic E-state index is 10.1. The van der Waals surface area contributed by atoms with Crippen LogP contribution in [0.1, 0.15) is 20.8 Å². The van der Waals surface area contributed by atoms with Crippen LogP contribution in [0.3, 0.4) is 0 Å². The Morgan fingerprint density at radius 2 is 1.70 bits per heavy atom. The Morgan fingerprint density at radius 3 is 2.20 bits per heavy atom. The average molecular weight is 308 g/mol. The smallest absolute Gasteiger partial charge is 0.220 e. The van der Waals surface area contributed by atoms with Crippen LogP contribution in [-0.2, 0) is 23.7 Å². The summed E-state index contributed by atoms with van der Waals surface area (Å²) in [6.45, 7) is 5.79. The van der Waals surface area contributed by atoms with E-state index in [1.54, 1.807) is 32.7 Å². The fraction of sp³-hybridized carbons (Fsp3) is 1.00. The fourth-order valence-electron chi connectivity index (χ4n) is 2.53. The van der Waals surface area contributed by atoms with Crippen molar-refractivity contribution in [3.8, 4) is 0 Å². The summed E-state index contributed by atoms with van der Waals surface area (Å²) in [6, 6.07) is 0. The van der Waals surface area contributed by atoms with E-state index in [0.717, 1.165) is 5.75 Å². The molecule has 0 aromatic carbocycles. The van der Waals surface area contributed by atoms with E-state index in [-0.39, 0.29) is 12.0 Å². The highest BCUT2D eigenvalue weighted by atomic mass is 32.2. The summed E-state index contributed by atoms with van der Waals surface area (Å²) >= 11 is 1.62. The van der Waals surface area contributed by atoms with E-state index < -0.39 is 29.9 Å². The predicted octanol–water partition coefficient (Wildman–Crippen LogP) is 0.966. The highest BCUT2D eigenvalue weighted by Gasteiger charge is 2.60. The molecule has 6 nitrogen and oxygen atoms in total. The van der Waals surface area contributed by atoms with Crippen LogP contribution >= 0.6 is 11.8 Å². The number of fused-ring (bicyclic) bond motifs is 1. The van der Waals surface area contributed by atoms with Crippen LogP contribution < -0.4 is 0 Å². The highest BCUT2D eigenvalue weighted by molar-refractivity contribution is 7.99. The van der Waals surface area contributed by atoms with Gasteiger partial charge in [-0.15, -0.1) is 11.8 Å². The largest absolute Gasteiger partial charge is 0.388 e. The third kappa shape index (κ3) is 2.61. The summed E-state index contributed by atoms with van der Waals surface area (Å²) in [5.41, 5.74) is -0.190. The minimum absolute atomic E-state index is 0.190. The SMILES string of the molecule is CCS[C@@H]1OC[C@@H](O)[C@@H]2O[C@](C)(OC)[C@@](C)(OC)O[C@H]21. The number of hydrogen-bond donors (Lipinski definition) is 1. The van der Waals surface area contributed by atoms with Crippen molar-refractivity contribution in [2.24, 2.45) is 0 Å². The van der Waals surface area contributed by atoms with Gasteiger partial charge in [-0.2, -0.15) is 0 Å². The Balaban J connectivity index is 2.27. The van der Waals surface area contributed by atoms with Crippen LogP contribution in [0.5, 0.6) is 0 Å². The molecule has 0 bridgehead atoms. The minimum Gasteiger partial charge on any atom is -0.388 e. The molecule has 2 aliphatic rings. The topological polar surface area (TPSA) is 66.4 Å². The fourth-order valence-corrected chi connectivity index (χ4v) is 3.44. The van der Waals surface area contributed by atoms with Crippen molar-refractivity contribution in [2.45, 2.75) is 56.1 Å². The molecule has 2 rings (SSSR count). The minimum atomic E-state index is -1.09. The molecule has 2 fully saturated rings. The molecule has 0 aliphatic carbocycles. The molecule has 2 heterocycles. The maximum absolute atomic E-state index is 10.1. The molecule has 0 spiro atoms. The lowest BCUT2D eigenvalue weighted by molar-refractivity contribution is -0.464. The van der Waals surface area contributed by atoms with Gasteiger partial charge in [0.05, 0.1) is 6.61 Å². The van der Waals surface area contributed by atoms with Gasteiger partial charge in [-0.05, 0) is 19.6 Å². The second-order valence-electron chi connectivity index (χ2n) is 5.19. The Labute approximate surface area is 124 Å². The van der Waals surface area contributed by atoms with Crippen molar-refractivity contribution < 1.29 is 28.8 Å². The zero-order valence-corrected chi connectivity index (χ0v) is 13.4. The first-order valence-electron chi connectivity index (χ1n) is 6.78. The molecule has 118 valence electrons. The standard InChI is InChI=1S/C13H24O6S/c1-6-20-11-10-9(8(14)7-17-11)18-12(2,15-4)13(3,16-5)19-10/h8-11,14H,6-7H2,1-5H3/t8-,9+,10-,11+,12+,13+/m1/s1. The van der Waals surface area contributed by atoms with E-state index >= 15 is 0 Å². The van der Waals surface area contributed by atoms with Crippen LogP contribution in [-0.4, -0.2) is 67.0 Å². The zero-order chi connectivity index (χ0) is 15.0. The van der Waals surface area contributed by atoms with E-state index in [1.807, 2.05) is 6.92 Å². The normalized spacial score (nSPS) is 48.9. The maximum Gasteiger partial charge on any atom is 0.220 e. The monoisotopic (exact) mass is 308 g/mol. The summed E-state index contributed by atoms with van der Waals surface area (Å²) in [6.07, 6.45) is -1.65. The van der Waals surface area contributed by atoms with Gasteiger partial charge in [0.1, 0.15) is 23.7 Å². The molecule has 7 heteroatoms. The molecule has 0 saturated carbocycles. The number of methoxy groups -OCH3 is 2. The molecule has 2 aliphatic heterocycles. The van der Waals surface area contributed by atoms with Crippen LogP contribution in [0.2, 0.25) is 0 Å². The Hall–Kier alpha value is 0.110. The average Bonchev–Trinajstić information content (AvgIpc) is 2.44. The summed E-state index contributed by atoms with van der Waals surface area (Å²) in [7, 11) is 3.08. The number of hydrogen-bond acceptors (Lipinski definition) is 7. The van der Waals surface area contributed by atoms with E-state index in [1.165, 1.54) is 7.11 Å². The van der Waals surface area contributed by atoms with Gasteiger partial charge in [0, 0.05) is 14.2 Å². The molecular weight excluding hydrogens is 284 g/mol. The third-order valence-electron chi connectivity index (χ3n) is 4.06. The van der Waals surface area contributed by atoms with Gasteiger partial charge < -0.3 is 28.8 Å². The predicted molar refractivity (Wildman–Crippen MR) is 74.5 cm³/mol. The number of aliphatic hydroxyl groups excluding tert-OH is 1. The van der Waals surface area contributed by atoms with Gasteiger partial charge in [-0.1, -0.05) is 6.92 Å².